The second-order valence-corrected chi connectivity index (χ2v) is 6.20. The minimum Gasteiger partial charge on any atom is -0.506 e. The van der Waals surface area contributed by atoms with Gasteiger partial charge >= 0.3 is 0 Å². The van der Waals surface area contributed by atoms with Crippen LogP contribution in [0.15, 0.2) is 47.4 Å². The number of halogens is 1. The van der Waals surface area contributed by atoms with E-state index in [0.717, 1.165) is 5.56 Å². The zero-order chi connectivity index (χ0) is 14.0. The molecule has 0 spiro atoms. The Balaban J connectivity index is 2.36. The van der Waals surface area contributed by atoms with E-state index in [9.17, 15) is 13.5 Å². The molecule has 0 saturated heterocycles. The third-order valence-electron chi connectivity index (χ3n) is 2.50. The van der Waals surface area contributed by atoms with Gasteiger partial charge in [-0.25, -0.2) is 8.42 Å². The number of aryl methyl sites for hydroxylation is 1. The Morgan fingerprint density at radius 1 is 1.16 bits per heavy atom. The first kappa shape index (κ1) is 13.7. The van der Waals surface area contributed by atoms with Crippen molar-refractivity contribution in [2.45, 2.75) is 11.8 Å². The number of hydrogen-bond donors (Lipinski definition) is 2. The van der Waals surface area contributed by atoms with Crippen LogP contribution in [0.4, 0.5) is 5.69 Å². The molecule has 2 aromatic carbocycles. The van der Waals surface area contributed by atoms with Crippen molar-refractivity contribution >= 4 is 27.3 Å². The molecule has 0 aliphatic rings. The third-order valence-corrected chi connectivity index (χ3v) is 4.10. The van der Waals surface area contributed by atoms with Crippen LogP contribution in [0.25, 0.3) is 0 Å². The standard InChI is InChI=1S/C13H12ClNO3S/c1-9-3-2-4-11(7-9)19(17,18)15-12-6-5-10(14)8-13(12)16/h2-8,15-16H,1H3. The molecule has 0 fully saturated rings. The summed E-state index contributed by atoms with van der Waals surface area (Å²) in [7, 11) is -3.72. The van der Waals surface area contributed by atoms with Gasteiger partial charge in [-0.05, 0) is 36.8 Å². The lowest BCUT2D eigenvalue weighted by atomic mass is 10.2. The van der Waals surface area contributed by atoms with Gasteiger partial charge < -0.3 is 5.11 Å². The Morgan fingerprint density at radius 3 is 2.53 bits per heavy atom. The minimum atomic E-state index is -3.72. The van der Waals surface area contributed by atoms with E-state index >= 15 is 0 Å². The summed E-state index contributed by atoms with van der Waals surface area (Å²) in [4.78, 5) is 0.141. The van der Waals surface area contributed by atoms with Crippen LogP contribution in [0, 0.1) is 6.92 Å². The topological polar surface area (TPSA) is 66.4 Å². The van der Waals surface area contributed by atoms with Crippen molar-refractivity contribution in [2.24, 2.45) is 0 Å². The summed E-state index contributed by atoms with van der Waals surface area (Å²) in [5.41, 5.74) is 0.925. The molecular formula is C13H12ClNO3S. The number of hydrogen-bond acceptors (Lipinski definition) is 3. The van der Waals surface area contributed by atoms with Crippen molar-refractivity contribution in [3.05, 3.63) is 53.1 Å². The fourth-order valence-corrected chi connectivity index (χ4v) is 2.92. The monoisotopic (exact) mass is 297 g/mol. The fraction of sp³-hybridized carbons (Fsp3) is 0.0769. The van der Waals surface area contributed by atoms with Crippen molar-refractivity contribution in [3.63, 3.8) is 0 Å². The average molecular weight is 298 g/mol. The van der Waals surface area contributed by atoms with Gasteiger partial charge in [-0.2, -0.15) is 0 Å². The normalized spacial score (nSPS) is 11.3. The van der Waals surface area contributed by atoms with Crippen LogP contribution in [-0.2, 0) is 10.0 Å². The molecule has 0 amide bonds. The molecule has 0 aliphatic carbocycles. The highest BCUT2D eigenvalue weighted by molar-refractivity contribution is 7.92. The second-order valence-electron chi connectivity index (χ2n) is 4.08. The van der Waals surface area contributed by atoms with Crippen LogP contribution < -0.4 is 4.72 Å². The molecule has 6 heteroatoms. The van der Waals surface area contributed by atoms with Crippen molar-refractivity contribution in [3.8, 4) is 5.75 Å². The largest absolute Gasteiger partial charge is 0.506 e. The highest BCUT2D eigenvalue weighted by atomic mass is 35.5. The predicted molar refractivity (Wildman–Crippen MR) is 75.1 cm³/mol. The number of rotatable bonds is 3. The summed E-state index contributed by atoms with van der Waals surface area (Å²) in [6.07, 6.45) is 0. The number of anilines is 1. The van der Waals surface area contributed by atoms with Gasteiger partial charge in [0.2, 0.25) is 0 Å². The summed E-state index contributed by atoms with van der Waals surface area (Å²) in [5, 5.41) is 9.97. The van der Waals surface area contributed by atoms with Gasteiger partial charge in [0.05, 0.1) is 10.6 Å². The number of nitrogens with one attached hydrogen (secondary N) is 1. The third kappa shape index (κ3) is 3.19. The van der Waals surface area contributed by atoms with E-state index in [0.29, 0.717) is 5.02 Å². The van der Waals surface area contributed by atoms with Crippen LogP contribution in [0.1, 0.15) is 5.56 Å². The molecule has 2 N–H and O–H groups in total. The lowest BCUT2D eigenvalue weighted by Crippen LogP contribution is -2.13. The molecule has 0 aromatic heterocycles. The maximum atomic E-state index is 12.1. The molecule has 100 valence electrons. The number of phenols is 1. The zero-order valence-electron chi connectivity index (χ0n) is 10.1. The summed E-state index contributed by atoms with van der Waals surface area (Å²) in [6.45, 7) is 1.80. The molecule has 0 bridgehead atoms. The van der Waals surface area contributed by atoms with E-state index in [4.69, 9.17) is 11.6 Å². The van der Waals surface area contributed by atoms with Gasteiger partial charge in [0.25, 0.3) is 10.0 Å². The molecule has 2 aromatic rings. The van der Waals surface area contributed by atoms with E-state index < -0.39 is 10.0 Å². The summed E-state index contributed by atoms with van der Waals surface area (Å²) in [6, 6.07) is 10.7. The SMILES string of the molecule is Cc1cccc(S(=O)(=O)Nc2ccc(Cl)cc2O)c1. The lowest BCUT2D eigenvalue weighted by Gasteiger charge is -2.10. The first-order chi connectivity index (χ1) is 8.88. The maximum Gasteiger partial charge on any atom is 0.262 e. The van der Waals surface area contributed by atoms with Crippen LogP contribution in [0.5, 0.6) is 5.75 Å². The zero-order valence-corrected chi connectivity index (χ0v) is 11.7. The van der Waals surface area contributed by atoms with Gasteiger partial charge in [-0.3, -0.25) is 4.72 Å². The molecule has 2 rings (SSSR count). The van der Waals surface area contributed by atoms with E-state index in [-0.39, 0.29) is 16.3 Å². The van der Waals surface area contributed by atoms with Crippen LogP contribution in [0.3, 0.4) is 0 Å². The molecule has 0 saturated carbocycles. The maximum absolute atomic E-state index is 12.1. The van der Waals surface area contributed by atoms with Gasteiger partial charge in [0.1, 0.15) is 5.75 Å². The van der Waals surface area contributed by atoms with Crippen LogP contribution >= 0.6 is 11.6 Å². The Kier molecular flexibility index (Phi) is 3.68. The molecule has 19 heavy (non-hydrogen) atoms. The van der Waals surface area contributed by atoms with Crippen LogP contribution in [0.2, 0.25) is 5.02 Å². The number of sulfonamides is 1. The Labute approximate surface area is 116 Å². The van der Waals surface area contributed by atoms with E-state index in [1.54, 1.807) is 25.1 Å². The average Bonchev–Trinajstić information content (AvgIpc) is 2.33. The van der Waals surface area contributed by atoms with Crippen molar-refractivity contribution in [1.29, 1.82) is 0 Å². The molecule has 0 atom stereocenters. The Bertz CT molecular complexity index is 714. The first-order valence-corrected chi connectivity index (χ1v) is 7.32. The number of phenolic OH excluding ortho intramolecular Hbond substituents is 1. The fourth-order valence-electron chi connectivity index (χ4n) is 1.58. The van der Waals surface area contributed by atoms with E-state index in [1.807, 2.05) is 0 Å². The van der Waals surface area contributed by atoms with Crippen molar-refractivity contribution in [1.82, 2.24) is 0 Å². The summed E-state index contributed by atoms with van der Waals surface area (Å²) in [5.74, 6) is -0.219. The Morgan fingerprint density at radius 2 is 1.89 bits per heavy atom. The van der Waals surface area contributed by atoms with Gasteiger partial charge in [-0.1, -0.05) is 23.7 Å². The number of benzene rings is 2. The highest BCUT2D eigenvalue weighted by Crippen LogP contribution is 2.28. The molecule has 0 radical (unpaired) electrons. The van der Waals surface area contributed by atoms with Gasteiger partial charge in [0.15, 0.2) is 0 Å². The van der Waals surface area contributed by atoms with E-state index in [2.05, 4.69) is 4.72 Å². The minimum absolute atomic E-state index is 0.0888. The molecule has 0 aliphatic heterocycles. The van der Waals surface area contributed by atoms with Crippen molar-refractivity contribution in [2.75, 3.05) is 4.72 Å². The second kappa shape index (κ2) is 5.11. The number of aromatic hydroxyl groups is 1. The quantitative estimate of drug-likeness (QED) is 0.855. The first-order valence-electron chi connectivity index (χ1n) is 5.46. The molecule has 0 heterocycles. The molecule has 0 unspecified atom stereocenters. The van der Waals surface area contributed by atoms with Gasteiger partial charge in [-0.15, -0.1) is 0 Å². The lowest BCUT2D eigenvalue weighted by molar-refractivity contribution is 0.477. The van der Waals surface area contributed by atoms with Crippen LogP contribution in [-0.4, -0.2) is 13.5 Å². The molecule has 4 nitrogen and oxygen atoms in total. The van der Waals surface area contributed by atoms with E-state index in [1.165, 1.54) is 24.3 Å². The van der Waals surface area contributed by atoms with Gasteiger partial charge in [0, 0.05) is 11.1 Å². The summed E-state index contributed by atoms with van der Waals surface area (Å²) < 4.78 is 26.6. The van der Waals surface area contributed by atoms with Crippen molar-refractivity contribution < 1.29 is 13.5 Å². The predicted octanol–water partition coefficient (Wildman–Crippen LogP) is 3.15. The smallest absolute Gasteiger partial charge is 0.262 e. The Hall–Kier alpha value is -1.72. The summed E-state index contributed by atoms with van der Waals surface area (Å²) >= 11 is 5.69. The molecular weight excluding hydrogens is 286 g/mol. The highest BCUT2D eigenvalue weighted by Gasteiger charge is 2.16.